The summed E-state index contributed by atoms with van der Waals surface area (Å²) in [6.07, 6.45) is 19.2. The monoisotopic (exact) mass is 222 g/mol. The molecule has 2 nitrogen and oxygen atoms in total. The molecule has 0 aromatic carbocycles. The van der Waals surface area contributed by atoms with Crippen molar-refractivity contribution in [2.75, 3.05) is 0 Å². The number of allylic oxidation sites excluding steroid dienone is 2. The summed E-state index contributed by atoms with van der Waals surface area (Å²) in [6.45, 7) is 4.36. The predicted molar refractivity (Wildman–Crippen MR) is 71.4 cm³/mol. The third-order valence-electron chi connectivity index (χ3n) is 2.37. The lowest BCUT2D eigenvalue weighted by Gasteiger charge is -1.96. The molecule has 1 N–H and O–H groups in total. The van der Waals surface area contributed by atoms with Crippen LogP contribution in [0.3, 0.4) is 0 Å². The number of hydrogen-bond acceptors (Lipinski definition) is 1. The zero-order valence-corrected chi connectivity index (χ0v) is 10.8. The summed E-state index contributed by atoms with van der Waals surface area (Å²) in [6, 6.07) is 0. The molecule has 0 bridgehead atoms. The Morgan fingerprint density at radius 3 is 2.38 bits per heavy atom. The number of unbranched alkanes of at least 4 members (excludes halogenated alkanes) is 6. The minimum absolute atomic E-state index is 1.28. The second kappa shape index (κ2) is 13.9. The van der Waals surface area contributed by atoms with E-state index in [0.717, 1.165) is 0 Å². The van der Waals surface area contributed by atoms with Crippen LogP contribution in [0.25, 0.3) is 0 Å². The van der Waals surface area contributed by atoms with Crippen LogP contribution < -0.4 is 0 Å². The summed E-state index contributed by atoms with van der Waals surface area (Å²) in [5.74, 6) is 0. The van der Waals surface area contributed by atoms with Gasteiger partial charge in [-0.25, -0.2) is 4.98 Å². The van der Waals surface area contributed by atoms with Crippen molar-refractivity contribution in [3.8, 4) is 0 Å². The smallest absolute Gasteiger partial charge is 0.0919 e. The van der Waals surface area contributed by atoms with Crippen molar-refractivity contribution in [3.05, 3.63) is 30.9 Å². The quantitative estimate of drug-likeness (QED) is 0.524. The van der Waals surface area contributed by atoms with Crippen molar-refractivity contribution in [2.24, 2.45) is 0 Å². The fourth-order valence-electron chi connectivity index (χ4n) is 1.42. The average molecular weight is 222 g/mol. The van der Waals surface area contributed by atoms with E-state index in [0.29, 0.717) is 0 Å². The Kier molecular flexibility index (Phi) is 13.0. The van der Waals surface area contributed by atoms with Crippen LogP contribution in [0.5, 0.6) is 0 Å². The Balaban J connectivity index is 0.000000368. The molecule has 1 aromatic rings. The largest absolute Gasteiger partial charge is 0.351 e. The highest BCUT2D eigenvalue weighted by molar-refractivity contribution is 4.76. The van der Waals surface area contributed by atoms with Crippen LogP contribution in [-0.2, 0) is 0 Å². The summed E-state index contributed by atoms with van der Waals surface area (Å²) >= 11 is 0. The SMILES string of the molecule is CC=CCCCCCCCC.c1c[nH]cn1. The van der Waals surface area contributed by atoms with E-state index in [1.165, 1.54) is 44.9 Å². The fourth-order valence-corrected chi connectivity index (χ4v) is 1.42. The van der Waals surface area contributed by atoms with Crippen LogP contribution in [0.1, 0.15) is 58.8 Å². The lowest BCUT2D eigenvalue weighted by atomic mass is 10.1. The van der Waals surface area contributed by atoms with Crippen molar-refractivity contribution >= 4 is 0 Å². The molecule has 0 atom stereocenters. The number of hydrogen-bond donors (Lipinski definition) is 1. The average Bonchev–Trinajstić information content (AvgIpc) is 2.87. The van der Waals surface area contributed by atoms with Gasteiger partial charge in [-0.2, -0.15) is 0 Å². The van der Waals surface area contributed by atoms with Gasteiger partial charge in [0.15, 0.2) is 0 Å². The topological polar surface area (TPSA) is 28.7 Å². The second-order valence-corrected chi connectivity index (χ2v) is 3.89. The van der Waals surface area contributed by atoms with Gasteiger partial charge >= 0.3 is 0 Å². The normalized spacial score (nSPS) is 10.1. The molecule has 0 radical (unpaired) electrons. The molecule has 0 amide bonds. The first-order valence-electron chi connectivity index (χ1n) is 6.45. The van der Waals surface area contributed by atoms with Gasteiger partial charge in [-0.1, -0.05) is 51.2 Å². The van der Waals surface area contributed by atoms with E-state index in [1.54, 1.807) is 18.7 Å². The van der Waals surface area contributed by atoms with E-state index in [2.05, 4.69) is 36.0 Å². The highest BCUT2D eigenvalue weighted by Crippen LogP contribution is 2.06. The van der Waals surface area contributed by atoms with Crippen molar-refractivity contribution in [2.45, 2.75) is 58.8 Å². The number of aromatic amines is 1. The Labute approximate surface area is 100 Å². The van der Waals surface area contributed by atoms with Crippen LogP contribution in [0, 0.1) is 0 Å². The van der Waals surface area contributed by atoms with E-state index in [-0.39, 0.29) is 0 Å². The molecule has 0 spiro atoms. The van der Waals surface area contributed by atoms with Crippen LogP contribution in [-0.4, -0.2) is 9.97 Å². The van der Waals surface area contributed by atoms with Crippen molar-refractivity contribution in [3.63, 3.8) is 0 Å². The van der Waals surface area contributed by atoms with Gasteiger partial charge in [-0.15, -0.1) is 0 Å². The molecule has 0 aliphatic heterocycles. The van der Waals surface area contributed by atoms with Gasteiger partial charge in [0.05, 0.1) is 6.33 Å². The van der Waals surface area contributed by atoms with E-state index in [4.69, 9.17) is 0 Å². The summed E-state index contributed by atoms with van der Waals surface area (Å²) in [5, 5.41) is 0. The highest BCUT2D eigenvalue weighted by atomic mass is 14.8. The van der Waals surface area contributed by atoms with Gasteiger partial charge in [-0.3, -0.25) is 0 Å². The Hall–Kier alpha value is -1.05. The lowest BCUT2D eigenvalue weighted by molar-refractivity contribution is 0.611. The molecule has 0 fully saturated rings. The van der Waals surface area contributed by atoms with Gasteiger partial charge in [0, 0.05) is 12.4 Å². The first-order chi connectivity index (χ1) is 7.91. The summed E-state index contributed by atoms with van der Waals surface area (Å²) < 4.78 is 0. The van der Waals surface area contributed by atoms with Gasteiger partial charge in [0.2, 0.25) is 0 Å². The number of H-pyrrole nitrogens is 1. The highest BCUT2D eigenvalue weighted by Gasteiger charge is 1.86. The maximum absolute atomic E-state index is 3.67. The van der Waals surface area contributed by atoms with Crippen LogP contribution in [0.2, 0.25) is 0 Å². The number of imidazole rings is 1. The minimum atomic E-state index is 1.28. The van der Waals surface area contributed by atoms with E-state index < -0.39 is 0 Å². The summed E-state index contributed by atoms with van der Waals surface area (Å²) in [7, 11) is 0. The lowest BCUT2D eigenvalue weighted by Crippen LogP contribution is -1.77. The van der Waals surface area contributed by atoms with E-state index in [1.807, 2.05) is 0 Å². The molecule has 0 unspecified atom stereocenters. The summed E-state index contributed by atoms with van der Waals surface area (Å²) in [4.78, 5) is 6.42. The van der Waals surface area contributed by atoms with Crippen LogP contribution >= 0.6 is 0 Å². The molecule has 92 valence electrons. The Morgan fingerprint density at radius 1 is 1.12 bits per heavy atom. The molecule has 1 rings (SSSR count). The van der Waals surface area contributed by atoms with Gasteiger partial charge in [0.25, 0.3) is 0 Å². The number of nitrogens with zero attached hydrogens (tertiary/aromatic N) is 1. The second-order valence-electron chi connectivity index (χ2n) is 3.89. The zero-order valence-electron chi connectivity index (χ0n) is 10.8. The molecule has 2 heteroatoms. The fraction of sp³-hybridized carbons (Fsp3) is 0.643. The van der Waals surface area contributed by atoms with Crippen molar-refractivity contribution < 1.29 is 0 Å². The van der Waals surface area contributed by atoms with Gasteiger partial charge in [0.1, 0.15) is 0 Å². The molecule has 1 heterocycles. The molecule has 0 aliphatic rings. The molecule has 0 saturated heterocycles. The predicted octanol–water partition coefficient (Wildman–Crippen LogP) is 4.72. The minimum Gasteiger partial charge on any atom is -0.351 e. The van der Waals surface area contributed by atoms with Crippen molar-refractivity contribution in [1.82, 2.24) is 9.97 Å². The third kappa shape index (κ3) is 12.9. The molecular formula is C14H26N2. The molecule has 16 heavy (non-hydrogen) atoms. The van der Waals surface area contributed by atoms with Gasteiger partial charge in [-0.05, 0) is 19.8 Å². The molecule has 0 saturated carbocycles. The number of rotatable bonds is 7. The Morgan fingerprint density at radius 2 is 1.88 bits per heavy atom. The first-order valence-corrected chi connectivity index (χ1v) is 6.45. The van der Waals surface area contributed by atoms with E-state index in [9.17, 15) is 0 Å². The maximum Gasteiger partial charge on any atom is 0.0919 e. The standard InChI is InChI=1S/C11H22.C3H4N2/c1-3-5-7-9-11-10-8-6-4-2;1-2-5-3-4-1/h3,5H,4,6-11H2,1-2H3;1-3H,(H,4,5). The van der Waals surface area contributed by atoms with Gasteiger partial charge < -0.3 is 4.98 Å². The summed E-state index contributed by atoms with van der Waals surface area (Å²) in [5.41, 5.74) is 0. The first kappa shape index (κ1) is 14.9. The molecule has 1 aromatic heterocycles. The van der Waals surface area contributed by atoms with Crippen LogP contribution in [0.15, 0.2) is 30.9 Å². The molecular weight excluding hydrogens is 196 g/mol. The third-order valence-corrected chi connectivity index (χ3v) is 2.37. The number of aromatic nitrogens is 2. The van der Waals surface area contributed by atoms with Crippen molar-refractivity contribution in [1.29, 1.82) is 0 Å². The van der Waals surface area contributed by atoms with Crippen LogP contribution in [0.4, 0.5) is 0 Å². The van der Waals surface area contributed by atoms with E-state index >= 15 is 0 Å². The molecule has 0 aliphatic carbocycles. The Bertz CT molecular complexity index is 197. The zero-order chi connectivity index (χ0) is 11.9. The number of nitrogens with one attached hydrogen (secondary N) is 1. The maximum atomic E-state index is 3.67.